The lowest BCUT2D eigenvalue weighted by atomic mass is 10.1. The number of fused-ring (bicyclic) bond motifs is 1. The first kappa shape index (κ1) is 22.3. The van der Waals surface area contributed by atoms with E-state index in [2.05, 4.69) is 15.0 Å². The van der Waals surface area contributed by atoms with Gasteiger partial charge in [0.1, 0.15) is 0 Å². The van der Waals surface area contributed by atoms with Gasteiger partial charge in [-0.05, 0) is 36.6 Å². The Bertz CT molecular complexity index is 1140. The molecule has 3 aromatic rings. The Kier molecular flexibility index (Phi) is 6.20. The van der Waals surface area contributed by atoms with E-state index in [9.17, 15) is 21.6 Å². The third kappa shape index (κ3) is 4.63. The number of halogens is 3. The minimum absolute atomic E-state index is 0.294. The van der Waals surface area contributed by atoms with Gasteiger partial charge in [0.2, 0.25) is 0 Å². The molecule has 1 aliphatic rings. The number of benzene rings is 1. The molecule has 0 aliphatic carbocycles. The molecule has 0 fully saturated rings. The molecule has 0 amide bonds. The lowest BCUT2D eigenvalue weighted by Crippen LogP contribution is -2.47. The van der Waals surface area contributed by atoms with Gasteiger partial charge in [-0.3, -0.25) is 4.98 Å². The quantitative estimate of drug-likeness (QED) is 0.603. The minimum Gasteiger partial charge on any atom is -0.361 e. The van der Waals surface area contributed by atoms with Gasteiger partial charge in [0.05, 0.1) is 18.6 Å². The normalized spacial score (nSPS) is 17.7. The van der Waals surface area contributed by atoms with Crippen molar-refractivity contribution in [3.05, 3.63) is 78.1 Å². The highest BCUT2D eigenvalue weighted by molar-refractivity contribution is 7.89. The summed E-state index contributed by atoms with van der Waals surface area (Å²) in [4.78, 5) is 13.3. The molecule has 170 valence electrons. The lowest BCUT2D eigenvalue weighted by Gasteiger charge is -2.34. The molecule has 4 rings (SSSR count). The van der Waals surface area contributed by atoms with E-state index in [1.54, 1.807) is 36.7 Å². The number of aryl methyl sites for hydroxylation is 1. The fourth-order valence-corrected chi connectivity index (χ4v) is 4.89. The van der Waals surface area contributed by atoms with Crippen molar-refractivity contribution < 1.29 is 21.6 Å². The number of rotatable bonds is 6. The number of anilines is 1. The molecule has 0 saturated heterocycles. The first-order valence-corrected chi connectivity index (χ1v) is 11.5. The van der Waals surface area contributed by atoms with E-state index in [4.69, 9.17) is 0 Å². The van der Waals surface area contributed by atoms with E-state index in [1.165, 1.54) is 6.33 Å². The number of H-pyrrole nitrogens is 1. The van der Waals surface area contributed by atoms with Gasteiger partial charge >= 0.3 is 15.5 Å². The molecular weight excluding hydrogens is 443 g/mol. The summed E-state index contributed by atoms with van der Waals surface area (Å²) in [5.74, 6) is 0. The number of para-hydroxylation sites is 1. The number of nitrogens with zero attached hydrogens (tertiary/aromatic N) is 4. The minimum atomic E-state index is -5.50. The fraction of sp³-hybridized carbons (Fsp3) is 0.333. The first-order chi connectivity index (χ1) is 15.3. The molecule has 2 aromatic heterocycles. The Morgan fingerprint density at radius 3 is 2.59 bits per heavy atom. The number of aromatic amines is 1. The highest BCUT2D eigenvalue weighted by atomic mass is 32.2. The molecule has 1 N–H and O–H groups in total. The number of sulfonamides is 1. The number of hydrogen-bond donors (Lipinski definition) is 1. The van der Waals surface area contributed by atoms with E-state index in [0.717, 1.165) is 11.4 Å². The summed E-state index contributed by atoms with van der Waals surface area (Å²) in [5.41, 5.74) is -2.59. The van der Waals surface area contributed by atoms with Crippen molar-refractivity contribution >= 4 is 15.7 Å². The molecule has 1 atom stereocenters. The summed E-state index contributed by atoms with van der Waals surface area (Å²) >= 11 is 0. The SMILES string of the molecule is O=S(=O)(N1Cc2ccccc2N(Cc2cnc[nH]2)[C@@H](CCc2ccccn2)C1)C(F)(F)F. The van der Waals surface area contributed by atoms with Crippen LogP contribution in [0, 0.1) is 0 Å². The summed E-state index contributed by atoms with van der Waals surface area (Å²) in [6.07, 6.45) is 5.74. The van der Waals surface area contributed by atoms with Crippen LogP contribution < -0.4 is 4.90 Å². The van der Waals surface area contributed by atoms with Crippen LogP contribution in [0.15, 0.2) is 61.2 Å². The second kappa shape index (κ2) is 8.91. The molecule has 0 bridgehead atoms. The average molecular weight is 466 g/mol. The standard InChI is InChI=1S/C21H22F3N5O2S/c22-21(23,24)32(30,31)28-12-16-5-1-2-7-20(16)29(13-18-11-25-15-27-18)19(14-28)9-8-17-6-3-4-10-26-17/h1-7,10-11,15,19H,8-9,12-14H2,(H,25,27)/t19-/m0/s1. The number of pyridine rings is 1. The van der Waals surface area contributed by atoms with Gasteiger partial charge in [-0.1, -0.05) is 24.3 Å². The third-order valence-electron chi connectivity index (χ3n) is 5.49. The molecule has 3 heterocycles. The van der Waals surface area contributed by atoms with Crippen LogP contribution in [-0.4, -0.2) is 45.8 Å². The molecule has 0 saturated carbocycles. The monoisotopic (exact) mass is 465 g/mol. The molecule has 11 heteroatoms. The highest BCUT2D eigenvalue weighted by Gasteiger charge is 2.51. The van der Waals surface area contributed by atoms with E-state index >= 15 is 0 Å². The van der Waals surface area contributed by atoms with E-state index < -0.39 is 21.6 Å². The number of alkyl halides is 3. The van der Waals surface area contributed by atoms with Crippen LogP contribution in [0.25, 0.3) is 0 Å². The van der Waals surface area contributed by atoms with Crippen molar-refractivity contribution in [3.8, 4) is 0 Å². The Morgan fingerprint density at radius 1 is 1.12 bits per heavy atom. The maximum Gasteiger partial charge on any atom is 0.511 e. The van der Waals surface area contributed by atoms with Crippen molar-refractivity contribution in [2.75, 3.05) is 11.4 Å². The van der Waals surface area contributed by atoms with Crippen LogP contribution in [0.5, 0.6) is 0 Å². The summed E-state index contributed by atoms with van der Waals surface area (Å²) in [5, 5.41) is 0. The second-order valence-electron chi connectivity index (χ2n) is 7.59. The zero-order valence-electron chi connectivity index (χ0n) is 17.0. The van der Waals surface area contributed by atoms with Gasteiger partial charge in [0.15, 0.2) is 0 Å². The van der Waals surface area contributed by atoms with Crippen LogP contribution in [0.2, 0.25) is 0 Å². The van der Waals surface area contributed by atoms with E-state index in [-0.39, 0.29) is 13.1 Å². The predicted octanol–water partition coefficient (Wildman–Crippen LogP) is 3.48. The van der Waals surface area contributed by atoms with Gasteiger partial charge in [-0.25, -0.2) is 13.4 Å². The van der Waals surface area contributed by atoms with Gasteiger partial charge in [0.25, 0.3) is 0 Å². The molecule has 0 radical (unpaired) electrons. The third-order valence-corrected chi connectivity index (χ3v) is 7.03. The van der Waals surface area contributed by atoms with Crippen molar-refractivity contribution in [2.24, 2.45) is 0 Å². The number of aromatic nitrogens is 3. The summed E-state index contributed by atoms with van der Waals surface area (Å²) in [6.45, 7) is -0.293. The van der Waals surface area contributed by atoms with Crippen molar-refractivity contribution in [1.82, 2.24) is 19.3 Å². The number of nitrogens with one attached hydrogen (secondary N) is 1. The van der Waals surface area contributed by atoms with Crippen LogP contribution in [0.1, 0.15) is 23.4 Å². The summed E-state index contributed by atoms with van der Waals surface area (Å²) in [6, 6.07) is 11.9. The Morgan fingerprint density at radius 2 is 1.91 bits per heavy atom. The van der Waals surface area contributed by atoms with Crippen LogP contribution in [0.4, 0.5) is 18.9 Å². The molecule has 0 spiro atoms. The van der Waals surface area contributed by atoms with Gasteiger partial charge in [0, 0.05) is 42.9 Å². The van der Waals surface area contributed by atoms with Crippen molar-refractivity contribution in [3.63, 3.8) is 0 Å². The topological polar surface area (TPSA) is 82.2 Å². The molecule has 1 aromatic carbocycles. The van der Waals surface area contributed by atoms with Crippen molar-refractivity contribution in [1.29, 1.82) is 0 Å². The summed E-state index contributed by atoms with van der Waals surface area (Å²) in [7, 11) is -5.50. The van der Waals surface area contributed by atoms with Gasteiger partial charge in [-0.15, -0.1) is 0 Å². The Hall–Kier alpha value is -2.92. The molecule has 7 nitrogen and oxygen atoms in total. The maximum atomic E-state index is 13.4. The largest absolute Gasteiger partial charge is 0.511 e. The predicted molar refractivity (Wildman–Crippen MR) is 113 cm³/mol. The highest BCUT2D eigenvalue weighted by Crippen LogP contribution is 2.35. The number of hydrogen-bond acceptors (Lipinski definition) is 5. The first-order valence-electron chi connectivity index (χ1n) is 10.0. The average Bonchev–Trinajstić information content (AvgIpc) is 3.22. The molecule has 0 unspecified atom stereocenters. The molecule has 32 heavy (non-hydrogen) atoms. The van der Waals surface area contributed by atoms with Crippen LogP contribution >= 0.6 is 0 Å². The fourth-order valence-electron chi connectivity index (χ4n) is 3.92. The second-order valence-corrected chi connectivity index (χ2v) is 9.52. The van der Waals surface area contributed by atoms with Gasteiger partial charge in [-0.2, -0.15) is 17.5 Å². The molecular formula is C21H22F3N5O2S. The molecule has 1 aliphatic heterocycles. The van der Waals surface area contributed by atoms with Gasteiger partial charge < -0.3 is 9.88 Å². The summed E-state index contributed by atoms with van der Waals surface area (Å²) < 4.78 is 65.6. The maximum absolute atomic E-state index is 13.4. The zero-order chi connectivity index (χ0) is 22.8. The Labute approximate surface area is 184 Å². The van der Waals surface area contributed by atoms with E-state index in [1.807, 2.05) is 23.1 Å². The smallest absolute Gasteiger partial charge is 0.361 e. The number of imidazole rings is 1. The lowest BCUT2D eigenvalue weighted by molar-refractivity contribution is -0.0492. The van der Waals surface area contributed by atoms with Crippen molar-refractivity contribution in [2.45, 2.75) is 37.5 Å². The van der Waals surface area contributed by atoms with E-state index in [0.29, 0.717) is 34.9 Å². The zero-order valence-corrected chi connectivity index (χ0v) is 17.9. The van der Waals surface area contributed by atoms with Crippen LogP contribution in [-0.2, 0) is 29.5 Å². The Balaban J connectivity index is 1.73. The van der Waals surface area contributed by atoms with Crippen LogP contribution in [0.3, 0.4) is 0 Å².